The average molecular weight is 504 g/mol. The van der Waals surface area contributed by atoms with E-state index < -0.39 is 16.0 Å². The maximum atomic E-state index is 13.4. The van der Waals surface area contributed by atoms with Crippen LogP contribution in [0.1, 0.15) is 23.1 Å². The van der Waals surface area contributed by atoms with E-state index >= 15 is 0 Å². The molecular weight excluding hydrogens is 481 g/mol. The quantitative estimate of drug-likeness (QED) is 0.372. The van der Waals surface area contributed by atoms with E-state index in [-0.39, 0.29) is 24.4 Å². The highest BCUT2D eigenvalue weighted by molar-refractivity contribution is 7.89. The zero-order valence-corrected chi connectivity index (χ0v) is 20.0. The number of hydrogen-bond donors (Lipinski definition) is 1. The highest BCUT2D eigenvalue weighted by Gasteiger charge is 2.23. The molecule has 0 spiro atoms. The number of halogens is 2. The Bertz CT molecular complexity index is 1220. The Morgan fingerprint density at radius 1 is 0.909 bits per heavy atom. The molecule has 0 radical (unpaired) electrons. The molecule has 3 aromatic carbocycles. The number of hydrogen-bond acceptors (Lipinski definition) is 3. The van der Waals surface area contributed by atoms with Crippen molar-refractivity contribution in [1.82, 2.24) is 4.31 Å². The van der Waals surface area contributed by atoms with Crippen molar-refractivity contribution in [2.45, 2.75) is 24.3 Å². The molecule has 0 unspecified atom stereocenters. The highest BCUT2D eigenvalue weighted by atomic mass is 35.5. The number of nitrogens with zero attached hydrogens (tertiary/aromatic N) is 1. The minimum Gasteiger partial charge on any atom is -0.481 e. The van der Waals surface area contributed by atoms with Crippen LogP contribution in [-0.4, -0.2) is 30.3 Å². The predicted molar refractivity (Wildman–Crippen MR) is 132 cm³/mol. The van der Waals surface area contributed by atoms with E-state index in [2.05, 4.69) is 0 Å². The minimum absolute atomic E-state index is 0.0143. The van der Waals surface area contributed by atoms with Crippen molar-refractivity contribution in [3.8, 4) is 0 Å². The molecule has 1 N–H and O–H groups in total. The van der Waals surface area contributed by atoms with Crippen molar-refractivity contribution >= 4 is 45.3 Å². The monoisotopic (exact) mass is 503 g/mol. The van der Waals surface area contributed by atoms with Crippen LogP contribution >= 0.6 is 23.2 Å². The number of aliphatic carboxylic acids is 1. The molecule has 0 heterocycles. The van der Waals surface area contributed by atoms with Crippen molar-refractivity contribution in [3.05, 3.63) is 106 Å². The summed E-state index contributed by atoms with van der Waals surface area (Å²) in [5, 5.41) is 9.92. The summed E-state index contributed by atoms with van der Waals surface area (Å²) in [7, 11) is -3.77. The molecule has 0 fully saturated rings. The lowest BCUT2D eigenvalue weighted by Crippen LogP contribution is -2.31. The smallest absolute Gasteiger partial charge is 0.303 e. The third kappa shape index (κ3) is 7.44. The lowest BCUT2D eigenvalue weighted by Gasteiger charge is -2.21. The molecule has 0 atom stereocenters. The Kier molecular flexibility index (Phi) is 8.69. The van der Waals surface area contributed by atoms with Crippen LogP contribution in [-0.2, 0) is 27.8 Å². The van der Waals surface area contributed by atoms with Crippen LogP contribution in [0, 0.1) is 0 Å². The second-order valence-corrected chi connectivity index (χ2v) is 10.2. The Morgan fingerprint density at radius 3 is 2.24 bits per heavy atom. The van der Waals surface area contributed by atoms with Crippen molar-refractivity contribution < 1.29 is 18.3 Å². The van der Waals surface area contributed by atoms with E-state index in [4.69, 9.17) is 28.3 Å². The first kappa shape index (κ1) is 25.0. The van der Waals surface area contributed by atoms with Gasteiger partial charge in [0.15, 0.2) is 0 Å². The predicted octanol–water partition coefficient (Wildman–Crippen LogP) is 5.91. The number of rotatable bonds is 10. The molecule has 0 amide bonds. The van der Waals surface area contributed by atoms with E-state index in [9.17, 15) is 13.2 Å². The molecule has 0 aromatic heterocycles. The first-order chi connectivity index (χ1) is 15.7. The third-order valence-electron chi connectivity index (χ3n) is 4.86. The van der Waals surface area contributed by atoms with Gasteiger partial charge in [0.05, 0.1) is 4.90 Å². The van der Waals surface area contributed by atoms with E-state index in [1.165, 1.54) is 4.31 Å². The van der Waals surface area contributed by atoms with Gasteiger partial charge < -0.3 is 5.11 Å². The van der Waals surface area contributed by atoms with Crippen LogP contribution in [0.15, 0.2) is 83.8 Å². The fourth-order valence-electron chi connectivity index (χ4n) is 3.31. The molecule has 0 bridgehead atoms. The summed E-state index contributed by atoms with van der Waals surface area (Å²) in [5.74, 6) is -0.875. The van der Waals surface area contributed by atoms with E-state index in [1.54, 1.807) is 60.7 Å². The van der Waals surface area contributed by atoms with Crippen molar-refractivity contribution in [2.24, 2.45) is 0 Å². The van der Waals surface area contributed by atoms with E-state index in [1.807, 2.05) is 24.3 Å². The van der Waals surface area contributed by atoms with Gasteiger partial charge in [-0.25, -0.2) is 8.42 Å². The zero-order valence-electron chi connectivity index (χ0n) is 17.7. The molecule has 0 aliphatic rings. The Labute approximate surface area is 203 Å². The van der Waals surface area contributed by atoms with Gasteiger partial charge in [0.1, 0.15) is 0 Å². The average Bonchev–Trinajstić information content (AvgIpc) is 2.77. The fourth-order valence-corrected chi connectivity index (χ4v) is 5.25. The molecule has 0 saturated heterocycles. The summed E-state index contributed by atoms with van der Waals surface area (Å²) < 4.78 is 28.1. The maximum absolute atomic E-state index is 13.4. The largest absolute Gasteiger partial charge is 0.481 e. The fraction of sp³-hybridized carbons (Fsp3) is 0.160. The first-order valence-corrected chi connectivity index (χ1v) is 12.4. The van der Waals surface area contributed by atoms with Crippen molar-refractivity contribution in [3.63, 3.8) is 0 Å². The third-order valence-corrected chi connectivity index (χ3v) is 7.13. The van der Waals surface area contributed by atoms with Crippen LogP contribution in [0.25, 0.3) is 6.08 Å². The first-order valence-electron chi connectivity index (χ1n) is 10.2. The molecule has 5 nitrogen and oxygen atoms in total. The summed E-state index contributed by atoms with van der Waals surface area (Å²) >= 11 is 12.1. The number of carboxylic acid groups (broad SMARTS) is 1. The van der Waals surface area contributed by atoms with E-state index in [0.717, 1.165) is 16.7 Å². The Hall–Kier alpha value is -2.64. The van der Waals surface area contributed by atoms with Crippen LogP contribution in [0.4, 0.5) is 0 Å². The number of sulfonamides is 1. The molecule has 3 rings (SSSR count). The maximum Gasteiger partial charge on any atom is 0.303 e. The van der Waals surface area contributed by atoms with Gasteiger partial charge in [-0.15, -0.1) is 0 Å². The van der Waals surface area contributed by atoms with Gasteiger partial charge >= 0.3 is 5.97 Å². The number of aryl methyl sites for hydroxylation is 1. The Morgan fingerprint density at radius 2 is 1.58 bits per heavy atom. The highest BCUT2D eigenvalue weighted by Crippen LogP contribution is 2.22. The number of benzene rings is 3. The van der Waals surface area contributed by atoms with Crippen molar-refractivity contribution in [2.75, 3.05) is 6.54 Å². The van der Waals surface area contributed by atoms with Gasteiger partial charge in [0.2, 0.25) is 10.0 Å². The molecular formula is C25H23Cl2NO4S. The minimum atomic E-state index is -3.77. The second kappa shape index (κ2) is 11.5. The van der Waals surface area contributed by atoms with Crippen LogP contribution in [0.3, 0.4) is 0 Å². The molecule has 3 aromatic rings. The summed E-state index contributed by atoms with van der Waals surface area (Å²) in [6.45, 7) is 0.263. The lowest BCUT2D eigenvalue weighted by molar-refractivity contribution is -0.136. The normalized spacial score (nSPS) is 11.8. The molecule has 33 heavy (non-hydrogen) atoms. The molecule has 0 saturated carbocycles. The van der Waals surface area contributed by atoms with Gasteiger partial charge in [0.25, 0.3) is 0 Å². The SMILES string of the molecule is O=C(O)CCc1cccc(CN(C/C=C/c2cc(Cl)cc(Cl)c2)S(=O)(=O)c2ccccc2)c1. The summed E-state index contributed by atoms with van der Waals surface area (Å²) in [5.41, 5.74) is 2.38. The van der Waals surface area contributed by atoms with Crippen LogP contribution in [0.5, 0.6) is 0 Å². The van der Waals surface area contributed by atoms with Crippen LogP contribution in [0.2, 0.25) is 10.0 Å². The van der Waals surface area contributed by atoms with E-state index in [0.29, 0.717) is 16.5 Å². The summed E-state index contributed by atoms with van der Waals surface area (Å²) in [6, 6.07) is 20.7. The lowest BCUT2D eigenvalue weighted by atomic mass is 10.1. The summed E-state index contributed by atoms with van der Waals surface area (Å²) in [4.78, 5) is 11.1. The zero-order chi connectivity index (χ0) is 23.8. The molecule has 8 heteroatoms. The number of carboxylic acids is 1. The van der Waals surface area contributed by atoms with Crippen molar-refractivity contribution in [1.29, 1.82) is 0 Å². The van der Waals surface area contributed by atoms with Gasteiger partial charge in [-0.1, -0.05) is 77.8 Å². The molecule has 172 valence electrons. The molecule has 0 aliphatic carbocycles. The summed E-state index contributed by atoms with van der Waals surface area (Å²) in [6.07, 6.45) is 3.91. The topological polar surface area (TPSA) is 74.7 Å². The number of carbonyl (C=O) groups is 1. The van der Waals surface area contributed by atoms with Gasteiger partial charge in [-0.3, -0.25) is 4.79 Å². The van der Waals surface area contributed by atoms with Crippen LogP contribution < -0.4 is 0 Å². The van der Waals surface area contributed by atoms with Gasteiger partial charge in [-0.2, -0.15) is 4.31 Å². The van der Waals surface area contributed by atoms with Gasteiger partial charge in [-0.05, 0) is 53.4 Å². The van der Waals surface area contributed by atoms with Gasteiger partial charge in [0, 0.05) is 29.6 Å². The standard InChI is InChI=1S/C25H23Cl2NO4S/c26-22-15-20(16-23(27)17-22)8-5-13-28(33(31,32)24-9-2-1-3-10-24)18-21-7-4-6-19(14-21)11-12-25(29)30/h1-10,14-17H,11-13,18H2,(H,29,30)/b8-5+. The molecule has 0 aliphatic heterocycles. The second-order valence-electron chi connectivity index (χ2n) is 7.43. The Balaban J connectivity index is 1.87.